The van der Waals surface area contributed by atoms with Gasteiger partial charge in [0.25, 0.3) is 0 Å². The maximum atomic E-state index is 9.66. The van der Waals surface area contributed by atoms with Gasteiger partial charge >= 0.3 is 0 Å². The summed E-state index contributed by atoms with van der Waals surface area (Å²) in [6, 6.07) is 9.47. The number of nitrogen functional groups attached to an aromatic ring is 1. The van der Waals surface area contributed by atoms with Gasteiger partial charge < -0.3 is 15.4 Å². The van der Waals surface area contributed by atoms with Gasteiger partial charge in [-0.2, -0.15) is 0 Å². The maximum Gasteiger partial charge on any atom is 0.166 e. The van der Waals surface area contributed by atoms with E-state index >= 15 is 0 Å². The molecule has 2 heterocycles. The molecule has 2 aromatic heterocycles. The van der Waals surface area contributed by atoms with E-state index in [0.29, 0.717) is 17.0 Å². The van der Waals surface area contributed by atoms with E-state index in [9.17, 15) is 5.11 Å². The molecule has 0 fully saturated rings. The van der Waals surface area contributed by atoms with Gasteiger partial charge in [0.15, 0.2) is 11.5 Å². The van der Waals surface area contributed by atoms with E-state index in [-0.39, 0.29) is 12.6 Å². The monoisotopic (exact) mass is 255 g/mol. The van der Waals surface area contributed by atoms with Gasteiger partial charge in [-0.05, 0) is 5.56 Å². The molecule has 1 aromatic carbocycles. The molecule has 0 aliphatic carbocycles. The van der Waals surface area contributed by atoms with Crippen molar-refractivity contribution in [1.82, 2.24) is 19.5 Å². The number of aromatic nitrogens is 4. The van der Waals surface area contributed by atoms with E-state index in [1.165, 1.54) is 6.33 Å². The third-order valence-corrected chi connectivity index (χ3v) is 3.08. The molecule has 3 rings (SSSR count). The Labute approximate surface area is 109 Å². The molecule has 96 valence electrons. The Bertz CT molecular complexity index is 695. The number of nitrogens with two attached hydrogens (primary N) is 1. The zero-order valence-electron chi connectivity index (χ0n) is 10.1. The molecule has 19 heavy (non-hydrogen) atoms. The fraction of sp³-hybridized carbons (Fsp3) is 0.154. The Morgan fingerprint density at radius 3 is 2.68 bits per heavy atom. The molecule has 3 aromatic rings. The minimum atomic E-state index is -0.236. The number of fused-ring (bicyclic) bond motifs is 1. The van der Waals surface area contributed by atoms with Gasteiger partial charge in [-0.25, -0.2) is 15.0 Å². The van der Waals surface area contributed by atoms with Crippen molar-refractivity contribution in [2.45, 2.75) is 6.04 Å². The van der Waals surface area contributed by atoms with Crippen LogP contribution in [0.2, 0.25) is 0 Å². The van der Waals surface area contributed by atoms with Gasteiger partial charge in [0.2, 0.25) is 0 Å². The quantitative estimate of drug-likeness (QED) is 0.728. The molecule has 0 aliphatic heterocycles. The molecule has 1 unspecified atom stereocenters. The van der Waals surface area contributed by atoms with Crippen LogP contribution in [0.25, 0.3) is 11.2 Å². The Morgan fingerprint density at radius 2 is 1.95 bits per heavy atom. The van der Waals surface area contributed by atoms with Crippen LogP contribution in [-0.2, 0) is 0 Å². The average molecular weight is 255 g/mol. The number of benzene rings is 1. The first kappa shape index (κ1) is 11.6. The Kier molecular flexibility index (Phi) is 2.85. The smallest absolute Gasteiger partial charge is 0.166 e. The van der Waals surface area contributed by atoms with Crippen molar-refractivity contribution in [2.24, 2.45) is 0 Å². The lowest BCUT2D eigenvalue weighted by Crippen LogP contribution is -2.14. The van der Waals surface area contributed by atoms with Gasteiger partial charge in [0.05, 0.1) is 19.0 Å². The fourth-order valence-electron chi connectivity index (χ4n) is 2.13. The first-order chi connectivity index (χ1) is 9.31. The van der Waals surface area contributed by atoms with Crippen LogP contribution in [0.4, 0.5) is 5.82 Å². The number of rotatable bonds is 3. The Morgan fingerprint density at radius 1 is 1.16 bits per heavy atom. The number of nitrogens with zero attached hydrogens (tertiary/aromatic N) is 4. The second kappa shape index (κ2) is 4.66. The summed E-state index contributed by atoms with van der Waals surface area (Å²) in [5.74, 6) is 0.341. The summed E-state index contributed by atoms with van der Waals surface area (Å²) in [5.41, 5.74) is 7.92. The molecule has 0 spiro atoms. The van der Waals surface area contributed by atoms with Crippen molar-refractivity contribution < 1.29 is 5.11 Å². The van der Waals surface area contributed by atoms with Gasteiger partial charge in [-0.3, -0.25) is 0 Å². The van der Waals surface area contributed by atoms with Gasteiger partial charge in [-0.15, -0.1) is 0 Å². The molecule has 1 atom stereocenters. The molecule has 3 N–H and O–H groups in total. The number of aliphatic hydroxyl groups excluding tert-OH is 1. The van der Waals surface area contributed by atoms with Crippen molar-refractivity contribution in [3.05, 3.63) is 48.5 Å². The van der Waals surface area contributed by atoms with Crippen molar-refractivity contribution in [2.75, 3.05) is 12.3 Å². The average Bonchev–Trinajstić information content (AvgIpc) is 2.87. The summed E-state index contributed by atoms with van der Waals surface area (Å²) < 4.78 is 1.81. The molecular weight excluding hydrogens is 242 g/mol. The van der Waals surface area contributed by atoms with Crippen molar-refractivity contribution in [3.8, 4) is 0 Å². The largest absolute Gasteiger partial charge is 0.394 e. The van der Waals surface area contributed by atoms with Crippen LogP contribution in [0, 0.1) is 0 Å². The molecule has 0 saturated carbocycles. The SMILES string of the molecule is Nc1ncnc2c1ncn2C(CO)c1ccccc1. The number of imidazole rings is 1. The third-order valence-electron chi connectivity index (χ3n) is 3.08. The highest BCUT2D eigenvalue weighted by molar-refractivity contribution is 5.81. The fourth-order valence-corrected chi connectivity index (χ4v) is 2.13. The molecular formula is C13H13N5O. The van der Waals surface area contributed by atoms with E-state index in [1.807, 2.05) is 34.9 Å². The highest BCUT2D eigenvalue weighted by Crippen LogP contribution is 2.23. The molecule has 0 radical (unpaired) electrons. The molecule has 6 nitrogen and oxygen atoms in total. The van der Waals surface area contributed by atoms with Crippen LogP contribution >= 0.6 is 0 Å². The summed E-state index contributed by atoms with van der Waals surface area (Å²) in [6.45, 7) is -0.0423. The van der Waals surface area contributed by atoms with E-state index in [4.69, 9.17) is 5.73 Å². The molecule has 0 amide bonds. The second-order valence-corrected chi connectivity index (χ2v) is 4.19. The van der Waals surface area contributed by atoms with E-state index in [0.717, 1.165) is 5.56 Å². The summed E-state index contributed by atoms with van der Waals surface area (Å²) in [6.07, 6.45) is 3.03. The van der Waals surface area contributed by atoms with E-state index < -0.39 is 0 Å². The van der Waals surface area contributed by atoms with Crippen LogP contribution in [-0.4, -0.2) is 31.2 Å². The van der Waals surface area contributed by atoms with Crippen LogP contribution in [0.15, 0.2) is 43.0 Å². The lowest BCUT2D eigenvalue weighted by Gasteiger charge is -2.16. The number of hydrogen-bond donors (Lipinski definition) is 2. The number of aliphatic hydroxyl groups is 1. The molecule has 6 heteroatoms. The van der Waals surface area contributed by atoms with Crippen LogP contribution < -0.4 is 5.73 Å². The molecule has 0 aliphatic rings. The Hall–Kier alpha value is -2.47. The molecule has 0 bridgehead atoms. The van der Waals surface area contributed by atoms with Crippen molar-refractivity contribution in [3.63, 3.8) is 0 Å². The second-order valence-electron chi connectivity index (χ2n) is 4.19. The van der Waals surface area contributed by atoms with Gasteiger partial charge in [-0.1, -0.05) is 30.3 Å². The highest BCUT2D eigenvalue weighted by Gasteiger charge is 2.17. The minimum absolute atomic E-state index is 0.0423. The number of hydrogen-bond acceptors (Lipinski definition) is 5. The first-order valence-corrected chi connectivity index (χ1v) is 5.90. The van der Waals surface area contributed by atoms with Crippen LogP contribution in [0.1, 0.15) is 11.6 Å². The number of anilines is 1. The maximum absolute atomic E-state index is 9.66. The van der Waals surface area contributed by atoms with E-state index in [1.54, 1.807) is 6.33 Å². The predicted molar refractivity (Wildman–Crippen MR) is 71.4 cm³/mol. The van der Waals surface area contributed by atoms with E-state index in [2.05, 4.69) is 15.0 Å². The first-order valence-electron chi connectivity index (χ1n) is 5.90. The Balaban J connectivity index is 2.15. The van der Waals surface area contributed by atoms with Gasteiger partial charge in [0, 0.05) is 0 Å². The van der Waals surface area contributed by atoms with Crippen molar-refractivity contribution in [1.29, 1.82) is 0 Å². The molecule has 0 saturated heterocycles. The summed E-state index contributed by atoms with van der Waals surface area (Å²) in [7, 11) is 0. The van der Waals surface area contributed by atoms with Crippen LogP contribution in [0.3, 0.4) is 0 Å². The van der Waals surface area contributed by atoms with Crippen molar-refractivity contribution >= 4 is 17.0 Å². The normalized spacial score (nSPS) is 12.7. The lowest BCUT2D eigenvalue weighted by molar-refractivity contribution is 0.251. The summed E-state index contributed by atoms with van der Waals surface area (Å²) in [5, 5.41) is 9.66. The summed E-state index contributed by atoms with van der Waals surface area (Å²) >= 11 is 0. The zero-order valence-corrected chi connectivity index (χ0v) is 10.1. The summed E-state index contributed by atoms with van der Waals surface area (Å²) in [4.78, 5) is 12.3. The predicted octanol–water partition coefficient (Wildman–Crippen LogP) is 0.990. The minimum Gasteiger partial charge on any atom is -0.394 e. The lowest BCUT2D eigenvalue weighted by atomic mass is 10.1. The zero-order chi connectivity index (χ0) is 13.2. The third kappa shape index (κ3) is 1.92. The van der Waals surface area contributed by atoms with Gasteiger partial charge in [0.1, 0.15) is 11.8 Å². The van der Waals surface area contributed by atoms with Crippen LogP contribution in [0.5, 0.6) is 0 Å². The standard InChI is InChI=1S/C13H13N5O/c14-12-11-13(16-7-15-12)18(8-17-11)10(6-19)9-4-2-1-3-5-9/h1-5,7-8,10,19H,6H2,(H2,14,15,16). The topological polar surface area (TPSA) is 89.9 Å². The highest BCUT2D eigenvalue weighted by atomic mass is 16.3.